The van der Waals surface area contributed by atoms with E-state index in [1.807, 2.05) is 0 Å². The molecule has 0 spiro atoms. The second-order valence-electron chi connectivity index (χ2n) is 4.58. The monoisotopic (exact) mass is 283 g/mol. The van der Waals surface area contributed by atoms with E-state index in [1.165, 1.54) is 43.7 Å². The molecule has 0 aliphatic carbocycles. The molecule has 1 aromatic rings. The van der Waals surface area contributed by atoms with E-state index in [4.69, 9.17) is 4.74 Å². The second-order valence-corrected chi connectivity index (χ2v) is 5.43. The minimum Gasteiger partial charge on any atom is -0.461 e. The summed E-state index contributed by atoms with van der Waals surface area (Å²) in [5.41, 5.74) is 2.08. The molecule has 19 heavy (non-hydrogen) atoms. The maximum Gasteiger partial charge on any atom is 0.360 e. The third-order valence-corrected chi connectivity index (χ3v) is 3.98. The lowest BCUT2D eigenvalue weighted by Gasteiger charge is -2.26. The normalized spacial score (nSPS) is 16.3. The van der Waals surface area contributed by atoms with Gasteiger partial charge in [-0.1, -0.05) is 6.42 Å². The van der Waals surface area contributed by atoms with Crippen LogP contribution in [0.15, 0.2) is 5.51 Å². The molecule has 0 radical (unpaired) electrons. The van der Waals surface area contributed by atoms with Crippen LogP contribution in [0.4, 0.5) is 5.00 Å². The van der Waals surface area contributed by atoms with Crippen molar-refractivity contribution in [3.63, 3.8) is 0 Å². The fourth-order valence-electron chi connectivity index (χ4n) is 2.23. The average Bonchev–Trinajstić information content (AvgIpc) is 2.89. The minimum atomic E-state index is -0.343. The van der Waals surface area contributed by atoms with Crippen molar-refractivity contribution in [2.45, 2.75) is 26.2 Å². The minimum absolute atomic E-state index is 0.343. The van der Waals surface area contributed by atoms with Crippen LogP contribution in [0.5, 0.6) is 0 Å². The SMILES string of the molecule is CCOC(=O)c1ncsc1NCCN1CCCCC1. The van der Waals surface area contributed by atoms with Crippen molar-refractivity contribution >= 4 is 22.3 Å². The molecule has 0 amide bonds. The topological polar surface area (TPSA) is 54.5 Å². The highest BCUT2D eigenvalue weighted by Gasteiger charge is 2.16. The van der Waals surface area contributed by atoms with Gasteiger partial charge in [-0.2, -0.15) is 0 Å². The van der Waals surface area contributed by atoms with Crippen LogP contribution in [-0.4, -0.2) is 48.6 Å². The predicted octanol–water partition coefficient (Wildman–Crippen LogP) is 2.22. The summed E-state index contributed by atoms with van der Waals surface area (Å²) >= 11 is 1.45. The molecule has 0 bridgehead atoms. The molecule has 1 aliphatic rings. The number of ether oxygens (including phenoxy) is 1. The van der Waals surface area contributed by atoms with Gasteiger partial charge in [-0.25, -0.2) is 9.78 Å². The number of carbonyl (C=O) groups is 1. The fraction of sp³-hybridized carbons (Fsp3) is 0.692. The van der Waals surface area contributed by atoms with E-state index in [1.54, 1.807) is 12.4 Å². The van der Waals surface area contributed by atoms with Gasteiger partial charge in [-0.05, 0) is 32.9 Å². The summed E-state index contributed by atoms with van der Waals surface area (Å²) in [5.74, 6) is -0.343. The van der Waals surface area contributed by atoms with E-state index in [9.17, 15) is 4.79 Å². The fourth-order valence-corrected chi connectivity index (χ4v) is 2.92. The summed E-state index contributed by atoms with van der Waals surface area (Å²) in [6.45, 7) is 6.41. The Bertz CT molecular complexity index is 402. The summed E-state index contributed by atoms with van der Waals surface area (Å²) < 4.78 is 4.98. The van der Waals surface area contributed by atoms with Crippen molar-refractivity contribution in [3.05, 3.63) is 11.2 Å². The van der Waals surface area contributed by atoms with Gasteiger partial charge in [0.1, 0.15) is 5.00 Å². The van der Waals surface area contributed by atoms with Crippen molar-refractivity contribution in [3.8, 4) is 0 Å². The Morgan fingerprint density at radius 2 is 2.26 bits per heavy atom. The number of aromatic nitrogens is 1. The molecule has 0 aromatic carbocycles. The summed E-state index contributed by atoms with van der Waals surface area (Å²) in [7, 11) is 0. The van der Waals surface area contributed by atoms with Crippen LogP contribution in [0.2, 0.25) is 0 Å². The number of nitrogens with zero attached hydrogens (tertiary/aromatic N) is 2. The molecule has 1 N–H and O–H groups in total. The summed E-state index contributed by atoms with van der Waals surface area (Å²) in [6.07, 6.45) is 3.95. The van der Waals surface area contributed by atoms with Crippen LogP contribution in [0.25, 0.3) is 0 Å². The average molecular weight is 283 g/mol. The molecule has 0 unspecified atom stereocenters. The highest BCUT2D eigenvalue weighted by atomic mass is 32.1. The van der Waals surface area contributed by atoms with Crippen molar-refractivity contribution < 1.29 is 9.53 Å². The van der Waals surface area contributed by atoms with Crippen LogP contribution in [0.1, 0.15) is 36.7 Å². The highest BCUT2D eigenvalue weighted by molar-refractivity contribution is 7.14. The number of esters is 1. The third kappa shape index (κ3) is 4.18. The molecule has 5 nitrogen and oxygen atoms in total. The molecule has 1 fully saturated rings. The lowest BCUT2D eigenvalue weighted by atomic mass is 10.1. The predicted molar refractivity (Wildman–Crippen MR) is 76.9 cm³/mol. The van der Waals surface area contributed by atoms with E-state index >= 15 is 0 Å². The first-order chi connectivity index (χ1) is 9.31. The van der Waals surface area contributed by atoms with Crippen molar-refractivity contribution in [2.24, 2.45) is 0 Å². The molecule has 106 valence electrons. The number of hydrogen-bond acceptors (Lipinski definition) is 6. The molecule has 1 saturated heterocycles. The lowest BCUT2D eigenvalue weighted by molar-refractivity contribution is 0.0521. The highest BCUT2D eigenvalue weighted by Crippen LogP contribution is 2.20. The number of anilines is 1. The molecular formula is C13H21N3O2S. The van der Waals surface area contributed by atoms with Gasteiger partial charge in [0.2, 0.25) is 0 Å². The van der Waals surface area contributed by atoms with Crippen molar-refractivity contribution in [1.82, 2.24) is 9.88 Å². The number of nitrogens with one attached hydrogen (secondary N) is 1. The standard InChI is InChI=1S/C13H21N3O2S/c1-2-18-13(17)11-12(19-10-15-11)14-6-9-16-7-4-3-5-8-16/h10,14H,2-9H2,1H3. The number of carbonyl (C=O) groups excluding carboxylic acids is 1. The number of hydrogen-bond donors (Lipinski definition) is 1. The number of rotatable bonds is 6. The van der Waals surface area contributed by atoms with Gasteiger partial charge in [0.15, 0.2) is 5.69 Å². The Hall–Kier alpha value is -1.14. The summed E-state index contributed by atoms with van der Waals surface area (Å²) in [4.78, 5) is 18.2. The van der Waals surface area contributed by atoms with Gasteiger partial charge < -0.3 is 15.0 Å². The Morgan fingerprint density at radius 3 is 3.00 bits per heavy atom. The maximum atomic E-state index is 11.7. The zero-order chi connectivity index (χ0) is 13.5. The van der Waals surface area contributed by atoms with Gasteiger partial charge >= 0.3 is 5.97 Å². The summed E-state index contributed by atoms with van der Waals surface area (Å²) in [5, 5.41) is 4.11. The van der Waals surface area contributed by atoms with Crippen molar-refractivity contribution in [2.75, 3.05) is 38.1 Å². The van der Waals surface area contributed by atoms with Crippen LogP contribution in [0.3, 0.4) is 0 Å². The first-order valence-electron chi connectivity index (χ1n) is 6.88. The maximum absolute atomic E-state index is 11.7. The van der Waals surface area contributed by atoms with E-state index in [2.05, 4.69) is 15.2 Å². The number of thiazole rings is 1. The number of likely N-dealkylation sites (tertiary alicyclic amines) is 1. The zero-order valence-corrected chi connectivity index (χ0v) is 12.2. The number of piperidine rings is 1. The van der Waals surface area contributed by atoms with Gasteiger partial charge in [-0.15, -0.1) is 11.3 Å². The molecular weight excluding hydrogens is 262 g/mol. The van der Waals surface area contributed by atoms with Gasteiger partial charge in [0.25, 0.3) is 0 Å². The molecule has 2 rings (SSSR count). The van der Waals surface area contributed by atoms with Crippen LogP contribution < -0.4 is 5.32 Å². The molecule has 1 aliphatic heterocycles. The molecule has 6 heteroatoms. The smallest absolute Gasteiger partial charge is 0.360 e. The van der Waals surface area contributed by atoms with E-state index in [-0.39, 0.29) is 5.97 Å². The Morgan fingerprint density at radius 1 is 1.47 bits per heavy atom. The molecule has 1 aromatic heterocycles. The van der Waals surface area contributed by atoms with Crippen LogP contribution in [-0.2, 0) is 4.74 Å². The quantitative estimate of drug-likeness (QED) is 0.811. The second kappa shape index (κ2) is 7.45. The Labute approximate surface area is 118 Å². The van der Waals surface area contributed by atoms with Gasteiger partial charge in [0, 0.05) is 13.1 Å². The first kappa shape index (κ1) is 14.3. The molecule has 0 saturated carbocycles. The Balaban J connectivity index is 1.79. The molecule has 2 heterocycles. The van der Waals surface area contributed by atoms with E-state index in [0.717, 1.165) is 18.1 Å². The zero-order valence-electron chi connectivity index (χ0n) is 11.4. The van der Waals surface area contributed by atoms with E-state index in [0.29, 0.717) is 12.3 Å². The van der Waals surface area contributed by atoms with Crippen LogP contribution >= 0.6 is 11.3 Å². The van der Waals surface area contributed by atoms with Crippen LogP contribution in [0, 0.1) is 0 Å². The largest absolute Gasteiger partial charge is 0.461 e. The van der Waals surface area contributed by atoms with Gasteiger partial charge in [-0.3, -0.25) is 0 Å². The van der Waals surface area contributed by atoms with Crippen molar-refractivity contribution in [1.29, 1.82) is 0 Å². The molecule has 0 atom stereocenters. The van der Waals surface area contributed by atoms with E-state index < -0.39 is 0 Å². The first-order valence-corrected chi connectivity index (χ1v) is 7.76. The lowest BCUT2D eigenvalue weighted by Crippen LogP contribution is -2.33. The summed E-state index contributed by atoms with van der Waals surface area (Å²) in [6, 6.07) is 0. The van der Waals surface area contributed by atoms with Gasteiger partial charge in [0.05, 0.1) is 12.1 Å². The third-order valence-electron chi connectivity index (χ3n) is 3.20. The Kier molecular flexibility index (Phi) is 5.60.